The highest BCUT2D eigenvalue weighted by Gasteiger charge is 2.21. The van der Waals surface area contributed by atoms with Gasteiger partial charge in [-0.15, -0.1) is 0 Å². The molecule has 0 aliphatic carbocycles. The number of imidazole rings is 1. The van der Waals surface area contributed by atoms with Gasteiger partial charge in [0.2, 0.25) is 0 Å². The molecule has 3 rings (SSSR count). The zero-order valence-electron chi connectivity index (χ0n) is 16.2. The Labute approximate surface area is 170 Å². The third-order valence-corrected chi connectivity index (χ3v) is 5.65. The minimum atomic E-state index is -4.27. The summed E-state index contributed by atoms with van der Waals surface area (Å²) in [6.07, 6.45) is 0. The Bertz CT molecular complexity index is 1140. The van der Waals surface area contributed by atoms with Crippen molar-refractivity contribution in [2.24, 2.45) is 0 Å². The number of hydrogen-bond acceptors (Lipinski definition) is 4. The number of aromatic nitrogens is 2. The van der Waals surface area contributed by atoms with E-state index in [9.17, 15) is 13.0 Å². The van der Waals surface area contributed by atoms with Gasteiger partial charge >= 0.3 is 0 Å². The molecule has 0 saturated carbocycles. The molecule has 0 N–H and O–H groups in total. The predicted molar refractivity (Wildman–Crippen MR) is 107 cm³/mol. The van der Waals surface area contributed by atoms with Gasteiger partial charge in [0.25, 0.3) is 5.82 Å². The number of benzene rings is 2. The SMILES string of the molecule is CCn1c(C)[n+](CC)c2cc(C#N)c(Cl)cc21.Cc1ccc(S(=O)(=O)[O-])cc1. The van der Waals surface area contributed by atoms with Gasteiger partial charge in [0, 0.05) is 19.1 Å². The van der Waals surface area contributed by atoms with Crippen molar-refractivity contribution < 1.29 is 17.5 Å². The number of nitrogens with zero attached hydrogens (tertiary/aromatic N) is 3. The Kier molecular flexibility index (Phi) is 6.83. The zero-order valence-corrected chi connectivity index (χ0v) is 17.8. The minimum absolute atomic E-state index is 0.178. The molecule has 8 heteroatoms. The normalized spacial score (nSPS) is 11.0. The topological polar surface area (TPSA) is 89.8 Å². The van der Waals surface area contributed by atoms with Gasteiger partial charge in [0.05, 0.1) is 28.6 Å². The minimum Gasteiger partial charge on any atom is -0.744 e. The Hall–Kier alpha value is -2.40. The van der Waals surface area contributed by atoms with Crippen molar-refractivity contribution in [2.75, 3.05) is 0 Å². The molecule has 1 heterocycles. The Balaban J connectivity index is 0.000000221. The van der Waals surface area contributed by atoms with E-state index in [2.05, 4.69) is 36.0 Å². The van der Waals surface area contributed by atoms with Crippen LogP contribution in [0.3, 0.4) is 0 Å². The maximum Gasteiger partial charge on any atom is 0.254 e. The van der Waals surface area contributed by atoms with Crippen molar-refractivity contribution in [3.8, 4) is 6.07 Å². The summed E-state index contributed by atoms with van der Waals surface area (Å²) in [6.45, 7) is 9.92. The number of aryl methyl sites for hydroxylation is 3. The molecule has 0 amide bonds. The lowest BCUT2D eigenvalue weighted by Gasteiger charge is -2.05. The van der Waals surface area contributed by atoms with E-state index in [1.165, 1.54) is 18.0 Å². The molecule has 0 aliphatic rings. The molecule has 0 fully saturated rings. The van der Waals surface area contributed by atoms with Crippen molar-refractivity contribution in [1.29, 1.82) is 5.26 Å². The van der Waals surface area contributed by atoms with Crippen LogP contribution >= 0.6 is 11.6 Å². The fourth-order valence-corrected chi connectivity index (χ4v) is 3.74. The van der Waals surface area contributed by atoms with Crippen LogP contribution in [0.25, 0.3) is 11.0 Å². The summed E-state index contributed by atoms with van der Waals surface area (Å²) in [6, 6.07) is 11.7. The molecular formula is C20H22ClN3O3S. The van der Waals surface area contributed by atoms with E-state index in [1.807, 2.05) is 19.1 Å². The first-order valence-electron chi connectivity index (χ1n) is 8.78. The van der Waals surface area contributed by atoms with Crippen LogP contribution in [0.5, 0.6) is 0 Å². The van der Waals surface area contributed by atoms with E-state index in [0.717, 1.165) is 29.7 Å². The highest BCUT2D eigenvalue weighted by molar-refractivity contribution is 7.85. The lowest BCUT2D eigenvalue weighted by molar-refractivity contribution is -0.674. The van der Waals surface area contributed by atoms with Crippen LogP contribution in [0.2, 0.25) is 5.02 Å². The van der Waals surface area contributed by atoms with Crippen molar-refractivity contribution in [3.63, 3.8) is 0 Å². The molecule has 0 radical (unpaired) electrons. The van der Waals surface area contributed by atoms with E-state index in [-0.39, 0.29) is 4.90 Å². The molecule has 0 atom stereocenters. The molecule has 0 saturated heterocycles. The summed E-state index contributed by atoms with van der Waals surface area (Å²) in [5.74, 6) is 1.19. The van der Waals surface area contributed by atoms with E-state index in [4.69, 9.17) is 16.9 Å². The van der Waals surface area contributed by atoms with Crippen LogP contribution in [0.4, 0.5) is 0 Å². The summed E-state index contributed by atoms with van der Waals surface area (Å²) in [5.41, 5.74) is 3.63. The first-order chi connectivity index (χ1) is 13.1. The summed E-state index contributed by atoms with van der Waals surface area (Å²) in [7, 11) is -4.27. The van der Waals surface area contributed by atoms with Crippen molar-refractivity contribution in [3.05, 3.63) is 58.4 Å². The molecule has 148 valence electrons. The third-order valence-electron chi connectivity index (χ3n) is 4.49. The van der Waals surface area contributed by atoms with E-state index in [1.54, 1.807) is 12.1 Å². The van der Waals surface area contributed by atoms with Gasteiger partial charge in [-0.2, -0.15) is 5.26 Å². The second-order valence-electron chi connectivity index (χ2n) is 6.24. The van der Waals surface area contributed by atoms with Crippen LogP contribution in [0.15, 0.2) is 41.3 Å². The largest absolute Gasteiger partial charge is 0.744 e. The standard InChI is InChI=1S/C13H15ClN3.C7H8O3S/c1-4-16-9(3)17(5-2)13-7-11(14)10(8-15)6-12(13)16;1-6-2-4-7(5-3-6)11(8,9)10/h6-7H,4-5H2,1-3H3;2-5H,1H3,(H,8,9,10)/q+1;/p-1. The van der Waals surface area contributed by atoms with Crippen molar-refractivity contribution in [1.82, 2.24) is 4.57 Å². The lowest BCUT2D eigenvalue weighted by atomic mass is 10.2. The average molecular weight is 420 g/mol. The zero-order chi connectivity index (χ0) is 21.1. The fraction of sp³-hybridized carbons (Fsp3) is 0.300. The summed E-state index contributed by atoms with van der Waals surface area (Å²) in [5, 5.41) is 9.55. The molecule has 28 heavy (non-hydrogen) atoms. The second-order valence-corrected chi connectivity index (χ2v) is 8.02. The Morgan fingerprint density at radius 2 is 1.79 bits per heavy atom. The van der Waals surface area contributed by atoms with Gasteiger partial charge in [-0.05, 0) is 32.9 Å². The molecule has 0 unspecified atom stereocenters. The predicted octanol–water partition coefficient (Wildman–Crippen LogP) is 3.70. The molecule has 0 bridgehead atoms. The number of fused-ring (bicyclic) bond motifs is 1. The molecule has 0 spiro atoms. The van der Waals surface area contributed by atoms with Crippen LogP contribution in [0.1, 0.15) is 30.8 Å². The number of halogens is 1. The van der Waals surface area contributed by atoms with Crippen LogP contribution < -0.4 is 4.57 Å². The molecule has 0 aliphatic heterocycles. The molecule has 1 aromatic heterocycles. The molecular weight excluding hydrogens is 398 g/mol. The first-order valence-corrected chi connectivity index (χ1v) is 10.6. The van der Waals surface area contributed by atoms with Crippen LogP contribution in [-0.4, -0.2) is 17.5 Å². The van der Waals surface area contributed by atoms with Gasteiger partial charge in [0.1, 0.15) is 16.2 Å². The number of rotatable bonds is 3. The highest BCUT2D eigenvalue weighted by atomic mass is 35.5. The maximum absolute atomic E-state index is 10.4. The van der Waals surface area contributed by atoms with E-state index < -0.39 is 10.1 Å². The average Bonchev–Trinajstić information content (AvgIpc) is 2.90. The van der Waals surface area contributed by atoms with Crippen molar-refractivity contribution in [2.45, 2.75) is 45.7 Å². The van der Waals surface area contributed by atoms with E-state index in [0.29, 0.717) is 10.6 Å². The smallest absolute Gasteiger partial charge is 0.254 e. The summed E-state index contributed by atoms with van der Waals surface area (Å²) in [4.78, 5) is -0.178. The van der Waals surface area contributed by atoms with Gasteiger partial charge < -0.3 is 4.55 Å². The first kappa shape index (κ1) is 21.9. The van der Waals surface area contributed by atoms with Gasteiger partial charge in [-0.3, -0.25) is 0 Å². The maximum atomic E-state index is 10.4. The van der Waals surface area contributed by atoms with Gasteiger partial charge in [0.15, 0.2) is 11.0 Å². The molecule has 2 aromatic carbocycles. The lowest BCUT2D eigenvalue weighted by Crippen LogP contribution is -2.35. The highest BCUT2D eigenvalue weighted by Crippen LogP contribution is 2.23. The third kappa shape index (κ3) is 4.53. The van der Waals surface area contributed by atoms with Gasteiger partial charge in [-0.1, -0.05) is 29.3 Å². The van der Waals surface area contributed by atoms with Crippen LogP contribution in [0, 0.1) is 25.2 Å². The number of nitriles is 1. The number of hydrogen-bond donors (Lipinski definition) is 0. The summed E-state index contributed by atoms with van der Waals surface area (Å²) < 4.78 is 35.6. The molecule has 3 aromatic rings. The fourth-order valence-electron chi connectivity index (χ4n) is 3.07. The summed E-state index contributed by atoms with van der Waals surface area (Å²) >= 11 is 6.09. The van der Waals surface area contributed by atoms with Crippen molar-refractivity contribution >= 4 is 32.8 Å². The Morgan fingerprint density at radius 1 is 1.18 bits per heavy atom. The van der Waals surface area contributed by atoms with Gasteiger partial charge in [-0.25, -0.2) is 17.6 Å². The Morgan fingerprint density at radius 3 is 2.25 bits per heavy atom. The monoisotopic (exact) mass is 419 g/mol. The van der Waals surface area contributed by atoms with Crippen LogP contribution in [-0.2, 0) is 23.2 Å². The van der Waals surface area contributed by atoms with E-state index >= 15 is 0 Å². The quantitative estimate of drug-likeness (QED) is 0.478. The molecule has 6 nitrogen and oxygen atoms in total. The second kappa shape index (κ2) is 8.74.